The van der Waals surface area contributed by atoms with Crippen LogP contribution in [0.1, 0.15) is 36.6 Å². The predicted molar refractivity (Wildman–Crippen MR) is 146 cm³/mol. The molecule has 0 fully saturated rings. The quantitative estimate of drug-likeness (QED) is 0.297. The Morgan fingerprint density at radius 3 is 2.58 bits per heavy atom. The van der Waals surface area contributed by atoms with Crippen LogP contribution in [0.4, 0.5) is 5.95 Å². The van der Waals surface area contributed by atoms with E-state index in [1.807, 2.05) is 86.6 Å². The van der Waals surface area contributed by atoms with Gasteiger partial charge >= 0.3 is 0 Å². The maximum atomic E-state index is 13.5. The van der Waals surface area contributed by atoms with Crippen LogP contribution in [-0.2, 0) is 17.9 Å². The number of hydrogen-bond donors (Lipinski definition) is 2. The van der Waals surface area contributed by atoms with Gasteiger partial charge in [-0.25, -0.2) is 4.68 Å². The summed E-state index contributed by atoms with van der Waals surface area (Å²) in [6.45, 7) is 5.02. The Bertz CT molecular complexity index is 1450. The molecule has 0 bridgehead atoms. The van der Waals surface area contributed by atoms with Gasteiger partial charge in [0.25, 0.3) is 5.91 Å². The van der Waals surface area contributed by atoms with Gasteiger partial charge in [-0.2, -0.15) is 10.1 Å². The molecule has 3 aromatic carbocycles. The van der Waals surface area contributed by atoms with Gasteiger partial charge in [-0.05, 0) is 54.8 Å². The van der Waals surface area contributed by atoms with E-state index in [-0.39, 0.29) is 5.91 Å². The van der Waals surface area contributed by atoms with E-state index in [2.05, 4.69) is 20.7 Å². The van der Waals surface area contributed by atoms with Crippen molar-refractivity contribution >= 4 is 23.5 Å². The number of fused-ring (bicyclic) bond motifs is 1. The third-order valence-electron chi connectivity index (χ3n) is 6.23. The van der Waals surface area contributed by atoms with Crippen molar-refractivity contribution in [2.75, 3.05) is 11.9 Å². The van der Waals surface area contributed by atoms with Crippen molar-refractivity contribution in [3.05, 3.63) is 112 Å². The fourth-order valence-corrected chi connectivity index (χ4v) is 4.52. The topological polar surface area (TPSA) is 90.3 Å². The lowest BCUT2D eigenvalue weighted by atomic mass is 9.94. The lowest BCUT2D eigenvalue weighted by Crippen LogP contribution is -2.34. The summed E-state index contributed by atoms with van der Waals surface area (Å²) in [7, 11) is 0. The molecule has 1 aromatic heterocycles. The lowest BCUT2D eigenvalue weighted by molar-refractivity contribution is -0.118. The maximum Gasteiger partial charge on any atom is 0.251 e. The van der Waals surface area contributed by atoms with E-state index < -0.39 is 6.04 Å². The number of nitrogens with zero attached hydrogens (tertiary/aromatic N) is 3. The number of anilines is 1. The number of aromatic nitrogens is 3. The van der Waals surface area contributed by atoms with Crippen molar-refractivity contribution in [1.29, 1.82) is 0 Å². The Balaban J connectivity index is 1.44. The molecule has 8 nitrogen and oxygen atoms in total. The number of halogens is 1. The highest BCUT2D eigenvalue weighted by atomic mass is 35.5. The third-order valence-corrected chi connectivity index (χ3v) is 6.48. The molecule has 4 aromatic rings. The molecule has 38 heavy (non-hydrogen) atoms. The number of rotatable bonds is 9. The summed E-state index contributed by atoms with van der Waals surface area (Å²) in [5.41, 5.74) is 4.09. The number of allylic oxidation sites excluding steroid dienone is 1. The lowest BCUT2D eigenvalue weighted by Gasteiger charge is -2.29. The van der Waals surface area contributed by atoms with Crippen LogP contribution in [0.5, 0.6) is 11.5 Å². The fourth-order valence-electron chi connectivity index (χ4n) is 4.39. The number of hydrogen-bond acceptors (Lipinski definition) is 6. The minimum atomic E-state index is -0.506. The van der Waals surface area contributed by atoms with Crippen LogP contribution in [0.15, 0.2) is 90.4 Å². The van der Waals surface area contributed by atoms with E-state index in [1.54, 1.807) is 4.68 Å². The van der Waals surface area contributed by atoms with Crippen LogP contribution < -0.4 is 20.1 Å². The third kappa shape index (κ3) is 5.50. The summed E-state index contributed by atoms with van der Waals surface area (Å²) < 4.78 is 13.8. The minimum Gasteiger partial charge on any atom is -0.490 e. The maximum absolute atomic E-state index is 13.5. The number of amides is 1. The van der Waals surface area contributed by atoms with E-state index in [0.717, 1.165) is 16.7 Å². The SMILES string of the molecule is CCOc1cc([C@H]2C(C(=O)NCc3ccccc3)=C(C)Nc3ncnn32)ccc1OCc1ccc(Cl)cc1. The van der Waals surface area contributed by atoms with Gasteiger partial charge in [0.15, 0.2) is 11.5 Å². The average Bonchev–Trinajstić information content (AvgIpc) is 3.40. The standard InChI is InChI=1S/C29H28ClN5O3/c1-3-37-25-15-22(11-14-24(25)38-17-21-9-12-23(30)13-10-21)27-26(19(2)34-29-32-18-33-35(27)29)28(36)31-16-20-7-5-4-6-8-20/h4-15,18,27H,3,16-17H2,1-2H3,(H,31,36)(H,32,33,34)/t27-/m0/s1. The van der Waals surface area contributed by atoms with E-state index >= 15 is 0 Å². The van der Waals surface area contributed by atoms with Crippen molar-refractivity contribution < 1.29 is 14.3 Å². The zero-order valence-electron chi connectivity index (χ0n) is 21.1. The fraction of sp³-hybridized carbons (Fsp3) is 0.207. The summed E-state index contributed by atoms with van der Waals surface area (Å²) in [5, 5.41) is 11.4. The van der Waals surface area contributed by atoms with Crippen molar-refractivity contribution in [3.8, 4) is 11.5 Å². The molecule has 0 spiro atoms. The van der Waals surface area contributed by atoms with Gasteiger partial charge in [0.1, 0.15) is 19.0 Å². The van der Waals surface area contributed by atoms with Gasteiger partial charge in [-0.1, -0.05) is 60.1 Å². The first kappa shape index (κ1) is 25.4. The first-order valence-corrected chi connectivity index (χ1v) is 12.7. The molecule has 1 amide bonds. The van der Waals surface area contributed by atoms with Crippen LogP contribution in [0.2, 0.25) is 5.02 Å². The molecule has 0 radical (unpaired) electrons. The van der Waals surface area contributed by atoms with Crippen LogP contribution >= 0.6 is 11.6 Å². The molecule has 2 N–H and O–H groups in total. The van der Waals surface area contributed by atoms with E-state index in [9.17, 15) is 4.79 Å². The molecule has 2 heterocycles. The molecule has 1 atom stereocenters. The average molecular weight is 530 g/mol. The number of carbonyl (C=O) groups excluding carboxylic acids is 1. The second-order valence-corrected chi connectivity index (χ2v) is 9.25. The predicted octanol–water partition coefficient (Wildman–Crippen LogP) is 5.51. The zero-order valence-corrected chi connectivity index (χ0v) is 21.9. The highest BCUT2D eigenvalue weighted by Gasteiger charge is 2.34. The van der Waals surface area contributed by atoms with Gasteiger partial charge in [-0.15, -0.1) is 0 Å². The van der Waals surface area contributed by atoms with Crippen molar-refractivity contribution in [2.45, 2.75) is 33.0 Å². The van der Waals surface area contributed by atoms with Gasteiger partial charge in [-0.3, -0.25) is 4.79 Å². The Morgan fingerprint density at radius 1 is 1.03 bits per heavy atom. The summed E-state index contributed by atoms with van der Waals surface area (Å²) >= 11 is 6.00. The molecule has 9 heteroatoms. The summed E-state index contributed by atoms with van der Waals surface area (Å²) in [6, 6.07) is 22.5. The van der Waals surface area contributed by atoms with Gasteiger partial charge in [0.05, 0.1) is 12.2 Å². The van der Waals surface area contributed by atoms with E-state index in [1.165, 1.54) is 6.33 Å². The minimum absolute atomic E-state index is 0.189. The molecule has 0 saturated heterocycles. The molecular formula is C29H28ClN5O3. The Morgan fingerprint density at radius 2 is 1.82 bits per heavy atom. The van der Waals surface area contributed by atoms with E-state index in [4.69, 9.17) is 21.1 Å². The van der Waals surface area contributed by atoms with Crippen LogP contribution in [-0.4, -0.2) is 27.3 Å². The molecule has 0 unspecified atom stereocenters. The molecular weight excluding hydrogens is 502 g/mol. The Labute approximate surface area is 226 Å². The van der Waals surface area contributed by atoms with Crippen molar-refractivity contribution in [2.24, 2.45) is 0 Å². The van der Waals surface area contributed by atoms with E-state index in [0.29, 0.717) is 53.5 Å². The largest absolute Gasteiger partial charge is 0.490 e. The number of nitrogens with one attached hydrogen (secondary N) is 2. The molecule has 0 aliphatic carbocycles. The van der Waals surface area contributed by atoms with Crippen molar-refractivity contribution in [1.82, 2.24) is 20.1 Å². The molecule has 194 valence electrons. The molecule has 1 aliphatic heterocycles. The highest BCUT2D eigenvalue weighted by molar-refractivity contribution is 6.30. The monoisotopic (exact) mass is 529 g/mol. The summed E-state index contributed by atoms with van der Waals surface area (Å²) in [5.74, 6) is 1.56. The smallest absolute Gasteiger partial charge is 0.251 e. The Kier molecular flexibility index (Phi) is 7.60. The Hall–Kier alpha value is -4.30. The normalized spacial score (nSPS) is 14.4. The van der Waals surface area contributed by atoms with Crippen molar-refractivity contribution in [3.63, 3.8) is 0 Å². The highest BCUT2D eigenvalue weighted by Crippen LogP contribution is 2.39. The molecule has 1 aliphatic rings. The molecule has 0 saturated carbocycles. The second kappa shape index (κ2) is 11.4. The summed E-state index contributed by atoms with van der Waals surface area (Å²) in [4.78, 5) is 17.8. The molecule has 5 rings (SSSR count). The van der Waals surface area contributed by atoms with Crippen LogP contribution in [0, 0.1) is 0 Å². The number of benzene rings is 3. The van der Waals surface area contributed by atoms with Crippen LogP contribution in [0.25, 0.3) is 0 Å². The van der Waals surface area contributed by atoms with Crippen LogP contribution in [0.3, 0.4) is 0 Å². The van der Waals surface area contributed by atoms with Gasteiger partial charge < -0.3 is 20.1 Å². The summed E-state index contributed by atoms with van der Waals surface area (Å²) in [6.07, 6.45) is 1.47. The zero-order chi connectivity index (χ0) is 26.5. The second-order valence-electron chi connectivity index (χ2n) is 8.82. The first-order chi connectivity index (χ1) is 18.5. The number of ether oxygens (including phenoxy) is 2. The van der Waals surface area contributed by atoms with Gasteiger partial charge in [0, 0.05) is 17.3 Å². The first-order valence-electron chi connectivity index (χ1n) is 12.4. The number of carbonyl (C=O) groups is 1. The van der Waals surface area contributed by atoms with Gasteiger partial charge in [0.2, 0.25) is 5.95 Å².